The van der Waals surface area contributed by atoms with E-state index in [2.05, 4.69) is 31.2 Å². The average Bonchev–Trinajstić information content (AvgIpc) is 2.69. The molecule has 0 amide bonds. The molecule has 2 heteroatoms. The molecule has 0 aliphatic heterocycles. The first-order chi connectivity index (χ1) is 12.8. The van der Waals surface area contributed by atoms with Crippen LogP contribution in [0.1, 0.15) is 81.9 Å². The molecule has 2 rings (SSSR count). The van der Waals surface area contributed by atoms with E-state index in [1.54, 1.807) is 0 Å². The minimum atomic E-state index is -0.722. The van der Waals surface area contributed by atoms with E-state index in [1.807, 2.05) is 36.4 Å². The molecule has 26 heavy (non-hydrogen) atoms. The lowest BCUT2D eigenvalue weighted by Crippen LogP contribution is -2.17. The molecule has 0 aliphatic rings. The monoisotopic (exact) mass is 354 g/mol. The van der Waals surface area contributed by atoms with Crippen LogP contribution in [0.5, 0.6) is 0 Å². The van der Waals surface area contributed by atoms with Crippen LogP contribution in [0.4, 0.5) is 0 Å². The van der Waals surface area contributed by atoms with Crippen molar-refractivity contribution in [2.45, 2.75) is 77.1 Å². The third-order valence-electron chi connectivity index (χ3n) is 4.80. The summed E-state index contributed by atoms with van der Waals surface area (Å²) in [6.07, 6.45) is 9.88. The lowest BCUT2D eigenvalue weighted by molar-refractivity contribution is -0.130. The molecule has 1 unspecified atom stereocenters. The highest BCUT2D eigenvalue weighted by molar-refractivity contribution is 5.29. The van der Waals surface area contributed by atoms with Gasteiger partial charge in [0.05, 0.1) is 0 Å². The Bertz CT molecular complexity index is 528. The van der Waals surface area contributed by atoms with Crippen molar-refractivity contribution in [3.8, 4) is 0 Å². The predicted octanol–water partition coefficient (Wildman–Crippen LogP) is 6.64. The summed E-state index contributed by atoms with van der Waals surface area (Å²) in [6, 6.07) is 20.3. The zero-order chi connectivity index (χ0) is 18.5. The zero-order valence-corrected chi connectivity index (χ0v) is 16.1. The predicted molar refractivity (Wildman–Crippen MR) is 109 cm³/mol. The van der Waals surface area contributed by atoms with Crippen molar-refractivity contribution in [2.75, 3.05) is 0 Å². The third kappa shape index (κ3) is 7.72. The van der Waals surface area contributed by atoms with Gasteiger partial charge in [0.25, 0.3) is 0 Å². The van der Waals surface area contributed by atoms with Gasteiger partial charge in [-0.3, -0.25) is 0 Å². The molecule has 142 valence electrons. The van der Waals surface area contributed by atoms with Crippen molar-refractivity contribution < 1.29 is 9.84 Å². The molecule has 1 atom stereocenters. The minimum absolute atomic E-state index is 0.221. The van der Waals surface area contributed by atoms with E-state index in [1.165, 1.54) is 44.9 Å². The average molecular weight is 355 g/mol. The highest BCUT2D eigenvalue weighted by Gasteiger charge is 2.18. The second kappa shape index (κ2) is 12.7. The van der Waals surface area contributed by atoms with Crippen molar-refractivity contribution in [3.63, 3.8) is 0 Å². The van der Waals surface area contributed by atoms with E-state index >= 15 is 0 Å². The summed E-state index contributed by atoms with van der Waals surface area (Å²) in [5, 5.41) is 10.4. The lowest BCUT2D eigenvalue weighted by atomic mass is 10.0. The fourth-order valence-corrected chi connectivity index (χ4v) is 3.28. The molecule has 0 saturated carbocycles. The number of benzene rings is 2. The third-order valence-corrected chi connectivity index (χ3v) is 4.80. The van der Waals surface area contributed by atoms with Crippen LogP contribution in [0.3, 0.4) is 0 Å². The van der Waals surface area contributed by atoms with Gasteiger partial charge < -0.3 is 9.84 Å². The van der Waals surface area contributed by atoms with Crippen LogP contribution in [0, 0.1) is 0 Å². The Balaban J connectivity index is 1.77. The van der Waals surface area contributed by atoms with Crippen LogP contribution in [0.15, 0.2) is 60.7 Å². The highest BCUT2D eigenvalue weighted by Crippen LogP contribution is 2.27. The zero-order valence-electron chi connectivity index (χ0n) is 16.1. The van der Waals surface area contributed by atoms with Gasteiger partial charge in [0.15, 0.2) is 6.29 Å². The summed E-state index contributed by atoms with van der Waals surface area (Å²) in [7, 11) is 0. The van der Waals surface area contributed by atoms with E-state index in [4.69, 9.17) is 4.74 Å². The van der Waals surface area contributed by atoms with Gasteiger partial charge in [0, 0.05) is 0 Å². The van der Waals surface area contributed by atoms with Crippen LogP contribution in [0.2, 0.25) is 0 Å². The Morgan fingerprint density at radius 2 is 1.15 bits per heavy atom. The molecular weight excluding hydrogens is 320 g/mol. The summed E-state index contributed by atoms with van der Waals surface area (Å²) < 4.78 is 6.04. The van der Waals surface area contributed by atoms with Gasteiger partial charge in [0.1, 0.15) is 6.10 Å². The maximum absolute atomic E-state index is 10.4. The summed E-state index contributed by atoms with van der Waals surface area (Å²) in [6.45, 7) is 2.25. The molecule has 0 spiro atoms. The SMILES string of the molecule is CCCCCCCCCCC(O)OC(c1ccccc1)c1ccccc1. The van der Waals surface area contributed by atoms with Crippen LogP contribution in [-0.2, 0) is 4.74 Å². The molecule has 0 fully saturated rings. The molecular formula is C24H34O2. The Morgan fingerprint density at radius 1 is 0.692 bits per heavy atom. The maximum Gasteiger partial charge on any atom is 0.155 e. The van der Waals surface area contributed by atoms with Crippen LogP contribution < -0.4 is 0 Å². The Labute approximate surface area is 159 Å². The number of hydrogen-bond acceptors (Lipinski definition) is 2. The lowest BCUT2D eigenvalue weighted by Gasteiger charge is -2.22. The van der Waals surface area contributed by atoms with Gasteiger partial charge in [-0.1, -0.05) is 113 Å². The van der Waals surface area contributed by atoms with Gasteiger partial charge in [-0.15, -0.1) is 0 Å². The van der Waals surface area contributed by atoms with E-state index in [9.17, 15) is 5.11 Å². The van der Waals surface area contributed by atoms with E-state index < -0.39 is 6.29 Å². The minimum Gasteiger partial charge on any atom is -0.368 e. The second-order valence-corrected chi connectivity index (χ2v) is 7.06. The second-order valence-electron chi connectivity index (χ2n) is 7.06. The van der Waals surface area contributed by atoms with Gasteiger partial charge >= 0.3 is 0 Å². The Kier molecular flexibility index (Phi) is 10.1. The molecule has 0 aromatic heterocycles. The molecule has 2 aromatic carbocycles. The first kappa shape index (κ1) is 20.7. The van der Waals surface area contributed by atoms with Crippen LogP contribution in [-0.4, -0.2) is 11.4 Å². The largest absolute Gasteiger partial charge is 0.368 e. The topological polar surface area (TPSA) is 29.5 Å². The van der Waals surface area contributed by atoms with Crippen molar-refractivity contribution in [1.82, 2.24) is 0 Å². The van der Waals surface area contributed by atoms with E-state index in [0.717, 1.165) is 17.5 Å². The number of aliphatic hydroxyl groups is 1. The molecule has 0 heterocycles. The maximum atomic E-state index is 10.4. The Hall–Kier alpha value is -1.64. The van der Waals surface area contributed by atoms with Crippen LogP contribution >= 0.6 is 0 Å². The van der Waals surface area contributed by atoms with Gasteiger partial charge in [-0.2, -0.15) is 0 Å². The smallest absolute Gasteiger partial charge is 0.155 e. The molecule has 2 nitrogen and oxygen atoms in total. The van der Waals surface area contributed by atoms with Gasteiger partial charge in [-0.25, -0.2) is 0 Å². The van der Waals surface area contributed by atoms with Gasteiger partial charge in [0.2, 0.25) is 0 Å². The van der Waals surface area contributed by atoms with E-state index in [-0.39, 0.29) is 6.10 Å². The molecule has 2 aromatic rings. The first-order valence-electron chi connectivity index (χ1n) is 10.2. The molecule has 0 radical (unpaired) electrons. The molecule has 0 saturated heterocycles. The number of rotatable bonds is 13. The summed E-state index contributed by atoms with van der Waals surface area (Å²) in [4.78, 5) is 0. The number of unbranched alkanes of at least 4 members (excludes halogenated alkanes) is 7. The number of aliphatic hydroxyl groups excluding tert-OH is 1. The number of hydrogen-bond donors (Lipinski definition) is 1. The summed E-state index contributed by atoms with van der Waals surface area (Å²) in [5.41, 5.74) is 2.15. The van der Waals surface area contributed by atoms with Crippen molar-refractivity contribution in [3.05, 3.63) is 71.8 Å². The first-order valence-corrected chi connectivity index (χ1v) is 10.2. The highest BCUT2D eigenvalue weighted by atomic mass is 16.6. The molecule has 0 aliphatic carbocycles. The van der Waals surface area contributed by atoms with Crippen molar-refractivity contribution in [2.24, 2.45) is 0 Å². The summed E-state index contributed by atoms with van der Waals surface area (Å²) >= 11 is 0. The van der Waals surface area contributed by atoms with Crippen LogP contribution in [0.25, 0.3) is 0 Å². The normalized spacial score (nSPS) is 12.4. The molecule has 1 N–H and O–H groups in total. The number of ether oxygens (including phenoxy) is 1. The van der Waals surface area contributed by atoms with Gasteiger partial charge in [-0.05, 0) is 24.0 Å². The molecule has 0 bridgehead atoms. The summed E-state index contributed by atoms with van der Waals surface area (Å²) in [5.74, 6) is 0. The Morgan fingerprint density at radius 3 is 1.65 bits per heavy atom. The van der Waals surface area contributed by atoms with Crippen molar-refractivity contribution in [1.29, 1.82) is 0 Å². The quantitative estimate of drug-likeness (QED) is 0.322. The van der Waals surface area contributed by atoms with Crippen molar-refractivity contribution >= 4 is 0 Å². The fourth-order valence-electron chi connectivity index (χ4n) is 3.28. The standard InChI is InChI=1S/C24H34O2/c1-2-3-4-5-6-7-8-15-20-23(25)26-24(21-16-11-9-12-17-21)22-18-13-10-14-19-22/h9-14,16-19,23-25H,2-8,15,20H2,1H3. The van der Waals surface area contributed by atoms with E-state index in [0.29, 0.717) is 6.42 Å². The fraction of sp³-hybridized carbons (Fsp3) is 0.500.